The number of imide groups is 1. The maximum atomic E-state index is 13.7. The Labute approximate surface area is 194 Å². The quantitative estimate of drug-likeness (QED) is 0.488. The van der Waals surface area contributed by atoms with E-state index in [2.05, 4.69) is 15.9 Å². The Morgan fingerprint density at radius 2 is 1.66 bits per heavy atom. The highest BCUT2D eigenvalue weighted by atomic mass is 79.9. The summed E-state index contributed by atoms with van der Waals surface area (Å²) < 4.78 is 6.13. The molecule has 0 aromatic heterocycles. The highest BCUT2D eigenvalue weighted by Crippen LogP contribution is 2.48. The van der Waals surface area contributed by atoms with Gasteiger partial charge in [0.05, 0.1) is 29.0 Å². The van der Waals surface area contributed by atoms with Crippen LogP contribution < -0.4 is 14.7 Å². The molecule has 2 heterocycles. The number of benzene rings is 3. The van der Waals surface area contributed by atoms with Crippen molar-refractivity contribution in [2.75, 3.05) is 17.1 Å². The van der Waals surface area contributed by atoms with Gasteiger partial charge in [-0.15, -0.1) is 0 Å². The van der Waals surface area contributed by atoms with Gasteiger partial charge in [0.2, 0.25) is 5.91 Å². The molecule has 0 unspecified atom stereocenters. The van der Waals surface area contributed by atoms with Crippen molar-refractivity contribution < 1.29 is 19.2 Å². The number of para-hydroxylation sites is 2. The van der Waals surface area contributed by atoms with Crippen LogP contribution in [0.2, 0.25) is 0 Å². The van der Waals surface area contributed by atoms with Crippen LogP contribution in [0.15, 0.2) is 77.3 Å². The molecule has 0 saturated carbocycles. The van der Waals surface area contributed by atoms with E-state index in [1.165, 1.54) is 4.90 Å². The fraction of sp³-hybridized carbons (Fsp3) is 0.200. The van der Waals surface area contributed by atoms with Gasteiger partial charge in [0, 0.05) is 0 Å². The largest absolute Gasteiger partial charge is 0.496 e. The van der Waals surface area contributed by atoms with Gasteiger partial charge in [-0.3, -0.25) is 14.4 Å². The lowest BCUT2D eigenvalue weighted by Gasteiger charge is -2.29. The number of hydroxylamine groups is 1. The van der Waals surface area contributed by atoms with Crippen molar-refractivity contribution >= 4 is 39.1 Å². The van der Waals surface area contributed by atoms with Crippen molar-refractivity contribution in [3.05, 3.63) is 88.4 Å². The zero-order chi connectivity index (χ0) is 22.4. The highest BCUT2D eigenvalue weighted by Gasteiger charge is 2.60. The number of carbonyl (C=O) groups excluding carboxylic acids is 2. The molecule has 32 heavy (non-hydrogen) atoms. The minimum absolute atomic E-state index is 0.260. The summed E-state index contributed by atoms with van der Waals surface area (Å²) in [6.45, 7) is 1.89. The van der Waals surface area contributed by atoms with Crippen molar-refractivity contribution in [1.82, 2.24) is 0 Å². The topological polar surface area (TPSA) is 59.1 Å². The number of methoxy groups -OCH3 is 1. The number of hydrogen-bond donors (Lipinski definition) is 0. The van der Waals surface area contributed by atoms with Crippen LogP contribution in [-0.2, 0) is 14.4 Å². The van der Waals surface area contributed by atoms with Crippen molar-refractivity contribution in [3.8, 4) is 5.75 Å². The summed E-state index contributed by atoms with van der Waals surface area (Å²) in [6, 6.07) is 22.1. The fourth-order valence-electron chi connectivity index (χ4n) is 4.47. The van der Waals surface area contributed by atoms with Crippen molar-refractivity contribution in [2.24, 2.45) is 5.92 Å². The van der Waals surface area contributed by atoms with Crippen LogP contribution in [0.25, 0.3) is 0 Å². The van der Waals surface area contributed by atoms with E-state index in [9.17, 15) is 9.59 Å². The second-order valence-electron chi connectivity index (χ2n) is 7.85. The van der Waals surface area contributed by atoms with Gasteiger partial charge in [-0.25, -0.2) is 9.96 Å². The number of carbonyl (C=O) groups is 2. The first-order valence-electron chi connectivity index (χ1n) is 10.3. The smallest absolute Gasteiger partial charge is 0.266 e. The Morgan fingerprint density at radius 3 is 2.34 bits per heavy atom. The monoisotopic (exact) mass is 492 g/mol. The summed E-state index contributed by atoms with van der Waals surface area (Å²) in [5.41, 5.74) is 3.09. The summed E-state index contributed by atoms with van der Waals surface area (Å²) in [7, 11) is 1.60. The van der Waals surface area contributed by atoms with Gasteiger partial charge in [0.25, 0.3) is 5.91 Å². The normalized spacial score (nSPS) is 22.4. The summed E-state index contributed by atoms with van der Waals surface area (Å²) in [5, 5.41) is 1.69. The van der Waals surface area contributed by atoms with E-state index in [1.54, 1.807) is 18.2 Å². The zero-order valence-electron chi connectivity index (χ0n) is 17.6. The van der Waals surface area contributed by atoms with E-state index in [1.807, 2.05) is 73.7 Å². The SMILES string of the molecule is COc1ccc([C@H]2[C@H]3C(=O)N(c4ccccc4C)C(=O)[C@H]3ON2c2ccccc2)cc1Br. The molecule has 6 nitrogen and oxygen atoms in total. The van der Waals surface area contributed by atoms with E-state index < -0.39 is 18.1 Å². The van der Waals surface area contributed by atoms with Crippen LogP contribution in [0.1, 0.15) is 17.2 Å². The van der Waals surface area contributed by atoms with Gasteiger partial charge >= 0.3 is 0 Å². The Bertz CT molecular complexity index is 1200. The zero-order valence-corrected chi connectivity index (χ0v) is 19.2. The molecule has 162 valence electrons. The number of anilines is 2. The first-order chi connectivity index (χ1) is 15.5. The van der Waals surface area contributed by atoms with Crippen molar-refractivity contribution in [1.29, 1.82) is 0 Å². The van der Waals surface area contributed by atoms with Gasteiger partial charge in [0.1, 0.15) is 11.7 Å². The lowest BCUT2D eigenvalue weighted by molar-refractivity contribution is -0.126. The van der Waals surface area contributed by atoms with Crippen molar-refractivity contribution in [3.63, 3.8) is 0 Å². The Kier molecular flexibility index (Phi) is 5.23. The third-order valence-corrected chi connectivity index (χ3v) is 6.62. The average Bonchev–Trinajstić information content (AvgIpc) is 3.31. The lowest BCUT2D eigenvalue weighted by atomic mass is 9.90. The molecule has 3 aromatic rings. The predicted molar refractivity (Wildman–Crippen MR) is 124 cm³/mol. The first-order valence-corrected chi connectivity index (χ1v) is 11.1. The maximum Gasteiger partial charge on any atom is 0.266 e. The summed E-state index contributed by atoms with van der Waals surface area (Å²) in [5.74, 6) is -0.594. The number of halogens is 1. The van der Waals surface area contributed by atoms with Gasteiger partial charge in [-0.2, -0.15) is 0 Å². The Balaban J connectivity index is 1.61. The molecule has 2 saturated heterocycles. The van der Waals surface area contributed by atoms with Crippen LogP contribution in [0, 0.1) is 12.8 Å². The van der Waals surface area contributed by atoms with Crippen LogP contribution >= 0.6 is 15.9 Å². The van der Waals surface area contributed by atoms with Crippen LogP contribution in [0.5, 0.6) is 5.75 Å². The molecule has 5 rings (SSSR count). The molecule has 0 aliphatic carbocycles. The molecule has 2 amide bonds. The predicted octanol–water partition coefficient (Wildman–Crippen LogP) is 4.82. The minimum Gasteiger partial charge on any atom is -0.496 e. The third-order valence-electron chi connectivity index (χ3n) is 6.00. The van der Waals surface area contributed by atoms with Crippen LogP contribution in [0.4, 0.5) is 11.4 Å². The molecule has 0 bridgehead atoms. The van der Waals surface area contributed by atoms with Gasteiger partial charge in [-0.1, -0.05) is 42.5 Å². The number of fused-ring (bicyclic) bond motifs is 1. The second-order valence-corrected chi connectivity index (χ2v) is 8.70. The number of amides is 2. The van der Waals surface area contributed by atoms with Gasteiger partial charge in [0.15, 0.2) is 6.10 Å². The summed E-state index contributed by atoms with van der Waals surface area (Å²) in [4.78, 5) is 34.5. The van der Waals surface area contributed by atoms with E-state index in [0.717, 1.165) is 21.3 Å². The molecular weight excluding hydrogens is 472 g/mol. The fourth-order valence-corrected chi connectivity index (χ4v) is 5.03. The van der Waals surface area contributed by atoms with E-state index in [4.69, 9.17) is 9.57 Å². The molecule has 3 atom stereocenters. The number of nitrogens with zero attached hydrogens (tertiary/aromatic N) is 2. The maximum absolute atomic E-state index is 13.7. The Morgan fingerprint density at radius 1 is 0.938 bits per heavy atom. The van der Waals surface area contributed by atoms with E-state index in [0.29, 0.717) is 11.4 Å². The molecule has 2 aliphatic rings. The van der Waals surface area contributed by atoms with E-state index in [-0.39, 0.29) is 11.8 Å². The van der Waals surface area contributed by atoms with Gasteiger partial charge in [-0.05, 0) is 64.3 Å². The first kappa shape index (κ1) is 20.7. The molecule has 2 fully saturated rings. The molecule has 0 radical (unpaired) electrons. The molecular formula is C25H21BrN2O4. The van der Waals surface area contributed by atoms with Gasteiger partial charge < -0.3 is 4.74 Å². The summed E-state index contributed by atoms with van der Waals surface area (Å²) >= 11 is 3.54. The molecule has 7 heteroatoms. The van der Waals surface area contributed by atoms with Crippen LogP contribution in [-0.4, -0.2) is 25.0 Å². The molecule has 0 N–H and O–H groups in total. The molecule has 3 aromatic carbocycles. The van der Waals surface area contributed by atoms with Crippen molar-refractivity contribution in [2.45, 2.75) is 19.1 Å². The van der Waals surface area contributed by atoms with Crippen LogP contribution in [0.3, 0.4) is 0 Å². The lowest BCUT2D eigenvalue weighted by Crippen LogP contribution is -2.37. The number of rotatable bonds is 4. The summed E-state index contributed by atoms with van der Waals surface area (Å²) in [6.07, 6.45) is -0.895. The second kappa shape index (κ2) is 8.07. The number of ether oxygens (including phenoxy) is 1. The third kappa shape index (κ3) is 3.20. The standard InChI is InChI=1S/C25H21BrN2O4/c1-15-8-6-7-11-19(15)27-24(29)21-22(16-12-13-20(31-2)18(26)14-16)28(32-23(21)25(27)30)17-9-4-3-5-10-17/h3-14,21-23H,1-2H3/t21-,22+,23+/m1/s1. The number of hydrogen-bond acceptors (Lipinski definition) is 5. The molecule has 2 aliphatic heterocycles. The van der Waals surface area contributed by atoms with E-state index >= 15 is 0 Å². The Hall–Kier alpha value is -3.16. The minimum atomic E-state index is -0.895. The highest BCUT2D eigenvalue weighted by molar-refractivity contribution is 9.10. The number of aryl methyl sites for hydroxylation is 1. The average molecular weight is 493 g/mol. The molecule has 0 spiro atoms.